The van der Waals surface area contributed by atoms with Crippen molar-refractivity contribution in [1.29, 1.82) is 0 Å². The van der Waals surface area contributed by atoms with Crippen LogP contribution >= 0.6 is 0 Å². The van der Waals surface area contributed by atoms with Gasteiger partial charge in [-0.1, -0.05) is 96.6 Å². The summed E-state index contributed by atoms with van der Waals surface area (Å²) in [5, 5.41) is 12.1. The van der Waals surface area contributed by atoms with Crippen LogP contribution in [0.2, 0.25) is 0 Å². The van der Waals surface area contributed by atoms with Gasteiger partial charge in [0.15, 0.2) is 5.75 Å². The van der Waals surface area contributed by atoms with Crippen LogP contribution in [0.1, 0.15) is 121 Å². The number of carbonyl (C=O) groups excluding carboxylic acids is 1. The van der Waals surface area contributed by atoms with E-state index < -0.39 is 10.9 Å². The maximum Gasteiger partial charge on any atom is 0.343 e. The third-order valence-electron chi connectivity index (χ3n) is 8.53. The second kappa shape index (κ2) is 25.3. The number of esters is 1. The molecule has 0 aliphatic heterocycles. The average molecular weight is 739 g/mol. The van der Waals surface area contributed by atoms with E-state index in [9.17, 15) is 14.9 Å². The number of carbonyl (C=O) groups is 1. The van der Waals surface area contributed by atoms with Gasteiger partial charge in [0.05, 0.1) is 23.2 Å². The van der Waals surface area contributed by atoms with E-state index in [1.54, 1.807) is 48.5 Å². The van der Waals surface area contributed by atoms with Crippen LogP contribution in [-0.2, 0) is 4.12 Å². The van der Waals surface area contributed by atoms with Gasteiger partial charge in [0.2, 0.25) is 0 Å². The number of nitro benzene ring substituents is 1. The number of benzene rings is 3. The predicted octanol–water partition coefficient (Wildman–Crippen LogP) is 8.76. The van der Waals surface area contributed by atoms with Crippen LogP contribution in [-0.4, -0.2) is 58.7 Å². The van der Waals surface area contributed by atoms with E-state index in [2.05, 4.69) is 18.0 Å². The van der Waals surface area contributed by atoms with Crippen LogP contribution in [0.25, 0.3) is 11.1 Å². The highest BCUT2D eigenvalue weighted by molar-refractivity contribution is 6.15. The Morgan fingerprint density at radius 3 is 1.86 bits per heavy atom. The number of unbranched alkanes of at least 4 members (excludes halogenated alkanes) is 11. The normalized spacial score (nSPS) is 11.4. The molecule has 0 amide bonds. The van der Waals surface area contributed by atoms with E-state index >= 15 is 0 Å². The number of nitro groups is 1. The molecule has 0 aromatic heterocycles. The number of nitrogens with zero attached hydrogens (tertiary/aromatic N) is 2. The van der Waals surface area contributed by atoms with Gasteiger partial charge in [-0.3, -0.25) is 10.1 Å². The van der Waals surface area contributed by atoms with Gasteiger partial charge < -0.3 is 23.2 Å². The van der Waals surface area contributed by atoms with Crippen molar-refractivity contribution in [3.8, 4) is 28.4 Å². The standard InChI is InChI=1S/C40H56N2O6.H6OSi2/c1-6-8-10-12-13-14-15-16-18-28-46-34-24-26-35(27-25-34)48-40(43)33-22-20-32(21-23-33)36-29-38(42(44)45)39(30-37(36)41(4)5)47-31(3)19-17-11-9-7-2;2-1-3/h20-27,29-31H,6-19,28H2,1-5H3;2-3H3/t31-;/m1./s1. The fourth-order valence-corrected chi connectivity index (χ4v) is 5.69. The molecule has 51 heavy (non-hydrogen) atoms. The zero-order valence-corrected chi connectivity index (χ0v) is 36.2. The fraction of sp³-hybridized carbons (Fsp3) is 0.525. The Kier molecular flexibility index (Phi) is 21.6. The maximum atomic E-state index is 12.9. The third-order valence-corrected chi connectivity index (χ3v) is 8.53. The lowest BCUT2D eigenvalue weighted by Crippen LogP contribution is -2.15. The molecule has 0 aliphatic carbocycles. The predicted molar refractivity (Wildman–Crippen MR) is 217 cm³/mol. The Morgan fingerprint density at radius 2 is 1.31 bits per heavy atom. The van der Waals surface area contributed by atoms with Crippen molar-refractivity contribution in [2.24, 2.45) is 0 Å². The van der Waals surface area contributed by atoms with Gasteiger partial charge in [-0.15, -0.1) is 0 Å². The topological polar surface area (TPSA) is 100 Å². The van der Waals surface area contributed by atoms with Crippen molar-refractivity contribution in [1.82, 2.24) is 0 Å². The Hall–Kier alpha value is -3.68. The molecule has 0 N–H and O–H groups in total. The molecule has 3 aromatic rings. The van der Waals surface area contributed by atoms with Crippen LogP contribution in [0.5, 0.6) is 17.2 Å². The lowest BCUT2D eigenvalue weighted by molar-refractivity contribution is -0.386. The van der Waals surface area contributed by atoms with E-state index in [1.807, 2.05) is 38.1 Å². The monoisotopic (exact) mass is 738 g/mol. The van der Waals surface area contributed by atoms with Gasteiger partial charge in [-0.05, 0) is 68.1 Å². The largest absolute Gasteiger partial charge is 0.494 e. The summed E-state index contributed by atoms with van der Waals surface area (Å²) < 4.78 is 22.1. The van der Waals surface area contributed by atoms with E-state index in [1.165, 1.54) is 57.8 Å². The molecule has 282 valence electrons. The van der Waals surface area contributed by atoms with Crippen LogP contribution in [0, 0.1) is 10.1 Å². The third kappa shape index (κ3) is 16.5. The zero-order chi connectivity index (χ0) is 37.4. The van der Waals surface area contributed by atoms with Gasteiger partial charge in [0.25, 0.3) is 0 Å². The molecule has 0 bridgehead atoms. The van der Waals surface area contributed by atoms with Crippen molar-refractivity contribution >= 4 is 38.3 Å². The molecular formula is C40H62N2O7Si2. The summed E-state index contributed by atoms with van der Waals surface area (Å²) in [5.41, 5.74) is 2.49. The Balaban J connectivity index is 0.00000290. The molecule has 0 spiro atoms. The molecule has 0 radical (unpaired) electrons. The minimum absolute atomic E-state index is 0.0833. The van der Waals surface area contributed by atoms with Crippen molar-refractivity contribution in [2.75, 3.05) is 25.6 Å². The van der Waals surface area contributed by atoms with Crippen molar-refractivity contribution in [3.63, 3.8) is 0 Å². The van der Waals surface area contributed by atoms with Crippen LogP contribution in [0.15, 0.2) is 60.7 Å². The van der Waals surface area contributed by atoms with E-state index in [0.29, 0.717) is 23.5 Å². The SMILES string of the molecule is CCCCCCCCCCCOc1ccc(OC(=O)c2ccc(-c3cc([N+](=O)[O-])c(O[C@H](C)CCCCCC)cc3N(C)C)cc2)cc1.[SiH3]O[SiH3]. The summed E-state index contributed by atoms with van der Waals surface area (Å²) >= 11 is 0. The fourth-order valence-electron chi connectivity index (χ4n) is 5.69. The van der Waals surface area contributed by atoms with E-state index in [4.69, 9.17) is 14.2 Å². The summed E-state index contributed by atoms with van der Waals surface area (Å²) in [6.45, 7) is 7.05. The number of ether oxygens (including phenoxy) is 3. The maximum absolute atomic E-state index is 12.9. The first-order valence-electron chi connectivity index (χ1n) is 18.8. The zero-order valence-electron chi connectivity index (χ0n) is 32.2. The molecule has 11 heteroatoms. The van der Waals surface area contributed by atoms with Crippen LogP contribution < -0.4 is 19.1 Å². The van der Waals surface area contributed by atoms with Crippen LogP contribution in [0.4, 0.5) is 11.4 Å². The summed E-state index contributed by atoms with van der Waals surface area (Å²) in [6, 6.07) is 17.3. The Bertz CT molecular complexity index is 1420. The van der Waals surface area contributed by atoms with Crippen LogP contribution in [0.3, 0.4) is 0 Å². The first kappa shape index (κ1) is 43.5. The molecule has 0 aliphatic rings. The van der Waals surface area contributed by atoms with Gasteiger partial charge in [0.1, 0.15) is 32.5 Å². The average Bonchev–Trinajstić information content (AvgIpc) is 3.11. The first-order chi connectivity index (χ1) is 24.6. The highest BCUT2D eigenvalue weighted by Crippen LogP contribution is 2.40. The lowest BCUT2D eigenvalue weighted by Gasteiger charge is -2.21. The van der Waals surface area contributed by atoms with Gasteiger partial charge >= 0.3 is 11.7 Å². The molecule has 3 aromatic carbocycles. The highest BCUT2D eigenvalue weighted by atomic mass is 28.3. The molecule has 9 nitrogen and oxygen atoms in total. The minimum atomic E-state index is -0.486. The Labute approximate surface area is 312 Å². The smallest absolute Gasteiger partial charge is 0.343 e. The van der Waals surface area contributed by atoms with Gasteiger partial charge in [0, 0.05) is 37.5 Å². The quantitative estimate of drug-likeness (QED) is 0.0238. The number of rotatable bonds is 23. The summed E-state index contributed by atoms with van der Waals surface area (Å²) in [5.74, 6) is 0.957. The molecule has 0 heterocycles. The molecule has 0 unspecified atom stereocenters. The number of hydrogen-bond acceptors (Lipinski definition) is 8. The van der Waals surface area contributed by atoms with Crippen molar-refractivity contribution < 1.29 is 28.0 Å². The summed E-state index contributed by atoms with van der Waals surface area (Å²) in [4.78, 5) is 26.5. The number of hydrogen-bond donors (Lipinski definition) is 0. The van der Waals surface area contributed by atoms with E-state index in [0.717, 1.165) is 70.1 Å². The molecule has 0 saturated heterocycles. The molecule has 0 fully saturated rings. The Morgan fingerprint density at radius 1 is 0.784 bits per heavy atom. The van der Waals surface area contributed by atoms with Gasteiger partial charge in [-0.25, -0.2) is 4.79 Å². The minimum Gasteiger partial charge on any atom is -0.494 e. The van der Waals surface area contributed by atoms with Gasteiger partial charge in [-0.2, -0.15) is 0 Å². The summed E-state index contributed by atoms with van der Waals surface area (Å²) in [7, 11) is 5.64. The second-order valence-corrected chi connectivity index (χ2v) is 16.6. The highest BCUT2D eigenvalue weighted by Gasteiger charge is 2.23. The molecule has 3 rings (SSSR count). The molecule has 1 atom stereocenters. The first-order valence-corrected chi connectivity index (χ1v) is 20.4. The van der Waals surface area contributed by atoms with Crippen molar-refractivity contribution in [3.05, 3.63) is 76.3 Å². The molecular weight excluding hydrogens is 677 g/mol. The summed E-state index contributed by atoms with van der Waals surface area (Å²) in [6.07, 6.45) is 16.6. The number of anilines is 1. The molecule has 0 saturated carbocycles. The second-order valence-electron chi connectivity index (χ2n) is 13.3. The lowest BCUT2D eigenvalue weighted by atomic mass is 10.00. The van der Waals surface area contributed by atoms with E-state index in [-0.39, 0.29) is 17.5 Å². The van der Waals surface area contributed by atoms with Crippen molar-refractivity contribution in [2.45, 2.75) is 117 Å².